The van der Waals surface area contributed by atoms with Crippen LogP contribution < -0.4 is 0 Å². The molecule has 0 radical (unpaired) electrons. The number of Topliss-reactive ketones (excluding diaryl/α,β-unsaturated/α-hetero) is 2. The first-order chi connectivity index (χ1) is 27.3. The summed E-state index contributed by atoms with van der Waals surface area (Å²) in [6.45, 7) is 10.7. The Bertz CT molecular complexity index is 1620. The Balaban J connectivity index is 1.27. The normalized spacial score (nSPS) is 24.5. The molecule has 3 fully saturated rings. The number of rotatable bonds is 21. The van der Waals surface area contributed by atoms with Gasteiger partial charge < -0.3 is 19.3 Å². The number of fused-ring (bicyclic) bond motifs is 2. The van der Waals surface area contributed by atoms with Crippen LogP contribution in [-0.2, 0) is 35.1 Å². The van der Waals surface area contributed by atoms with E-state index in [-0.39, 0.29) is 78.5 Å². The largest absolute Gasteiger partial charge is 0.379 e. The zero-order valence-electron chi connectivity index (χ0n) is 36.0. The number of ether oxygens (including phenoxy) is 2. The maximum absolute atomic E-state index is 14.4. The summed E-state index contributed by atoms with van der Waals surface area (Å²) in [5.41, 5.74) is 1.11. The van der Waals surface area contributed by atoms with E-state index < -0.39 is 24.0 Å². The van der Waals surface area contributed by atoms with Crippen molar-refractivity contribution in [3.8, 4) is 0 Å². The Hall–Kier alpha value is -3.54. The minimum absolute atomic E-state index is 0.0251. The lowest BCUT2D eigenvalue weighted by molar-refractivity contribution is -0.149. The molecule has 1 aliphatic carbocycles. The minimum atomic E-state index is -0.562. The van der Waals surface area contributed by atoms with Crippen LogP contribution in [0.1, 0.15) is 110 Å². The molecule has 0 spiro atoms. The summed E-state index contributed by atoms with van der Waals surface area (Å²) in [5.74, 6) is -0.0194. The van der Waals surface area contributed by atoms with Crippen LogP contribution in [0.15, 0.2) is 48.8 Å². The maximum atomic E-state index is 14.4. The second kappa shape index (κ2) is 20.4. The molecule has 2 amide bonds. The standard InChI is InChI=1S/C46H69N5O6/c1-10-30(4)42(50(7)46(55)36(29(2)3)27-39(53)43-33-19-20-35(25-33)49(43)6)40(56-8)28-41(54)51-23-14-18-37(51)44(57-9)31(5)38(52)26-34(45-47-21-15-22-48-45)24-32-16-12-11-13-17-32/h11-13,15-17,21-22,29-31,33-37,40,42-44H,10,14,18-20,23-28H2,1-9H3/t30-,31-,33-,34-,35+,36-,37-,40+,42-,43-,44+/m0/s1. The highest BCUT2D eigenvalue weighted by Crippen LogP contribution is 2.42. The fourth-order valence-electron chi connectivity index (χ4n) is 10.3. The fourth-order valence-corrected chi connectivity index (χ4v) is 10.3. The van der Waals surface area contributed by atoms with Crippen LogP contribution in [0, 0.1) is 29.6 Å². The molecule has 5 rings (SSSR count). The molecule has 11 nitrogen and oxygen atoms in total. The first kappa shape index (κ1) is 44.6. The van der Waals surface area contributed by atoms with E-state index >= 15 is 0 Å². The van der Waals surface area contributed by atoms with E-state index in [4.69, 9.17) is 9.47 Å². The van der Waals surface area contributed by atoms with Crippen molar-refractivity contribution in [3.63, 3.8) is 0 Å². The summed E-state index contributed by atoms with van der Waals surface area (Å²) in [4.78, 5) is 71.6. The number of amides is 2. The summed E-state index contributed by atoms with van der Waals surface area (Å²) in [5, 5.41) is 0. The number of nitrogens with zero attached hydrogens (tertiary/aromatic N) is 5. The molecule has 314 valence electrons. The smallest absolute Gasteiger partial charge is 0.226 e. The van der Waals surface area contributed by atoms with Crippen LogP contribution in [-0.4, -0.2) is 119 Å². The predicted octanol–water partition coefficient (Wildman–Crippen LogP) is 6.40. The predicted molar refractivity (Wildman–Crippen MR) is 221 cm³/mol. The molecule has 2 saturated heterocycles. The molecule has 2 aromatic rings. The van der Waals surface area contributed by atoms with E-state index in [1.807, 2.05) is 50.9 Å². The highest BCUT2D eigenvalue weighted by atomic mass is 16.5. The van der Waals surface area contributed by atoms with Crippen molar-refractivity contribution in [2.45, 2.75) is 141 Å². The number of hydrogen-bond acceptors (Lipinski definition) is 9. The van der Waals surface area contributed by atoms with Crippen molar-refractivity contribution < 1.29 is 28.7 Å². The average Bonchev–Trinajstić information content (AvgIpc) is 3.97. The molecule has 3 heterocycles. The number of methoxy groups -OCH3 is 2. The van der Waals surface area contributed by atoms with Gasteiger partial charge in [-0.15, -0.1) is 0 Å². The van der Waals surface area contributed by atoms with E-state index in [2.05, 4.69) is 47.9 Å². The Kier molecular flexibility index (Phi) is 16.0. The molecule has 11 heteroatoms. The number of hydrogen-bond donors (Lipinski definition) is 0. The number of likely N-dealkylation sites (N-methyl/N-ethyl adjacent to an activating group) is 2. The molecule has 0 N–H and O–H groups in total. The van der Waals surface area contributed by atoms with Gasteiger partial charge in [-0.25, -0.2) is 9.97 Å². The maximum Gasteiger partial charge on any atom is 0.226 e. The van der Waals surface area contributed by atoms with Crippen LogP contribution in [0.3, 0.4) is 0 Å². The highest BCUT2D eigenvalue weighted by Gasteiger charge is 2.48. The lowest BCUT2D eigenvalue weighted by Crippen LogP contribution is -2.54. The van der Waals surface area contributed by atoms with Gasteiger partial charge in [-0.3, -0.25) is 24.1 Å². The lowest BCUT2D eigenvalue weighted by atomic mass is 9.83. The Morgan fingerprint density at radius 2 is 1.61 bits per heavy atom. The van der Waals surface area contributed by atoms with Crippen molar-refractivity contribution in [2.75, 3.05) is 34.9 Å². The van der Waals surface area contributed by atoms with Crippen molar-refractivity contribution in [1.82, 2.24) is 24.7 Å². The molecule has 57 heavy (non-hydrogen) atoms. The molecular weight excluding hydrogens is 719 g/mol. The lowest BCUT2D eigenvalue weighted by Gasteiger charge is -2.41. The highest BCUT2D eigenvalue weighted by molar-refractivity contribution is 5.90. The Morgan fingerprint density at radius 3 is 2.21 bits per heavy atom. The summed E-state index contributed by atoms with van der Waals surface area (Å²) < 4.78 is 12.2. The van der Waals surface area contributed by atoms with E-state index in [1.54, 1.807) is 37.6 Å². The molecule has 3 aliphatic rings. The van der Waals surface area contributed by atoms with Crippen LogP contribution in [0.5, 0.6) is 0 Å². The number of carbonyl (C=O) groups excluding carboxylic acids is 4. The Labute approximate surface area is 341 Å². The van der Waals surface area contributed by atoms with Crippen molar-refractivity contribution in [2.24, 2.45) is 29.6 Å². The molecule has 11 atom stereocenters. The molecule has 1 aromatic heterocycles. The summed E-state index contributed by atoms with van der Waals surface area (Å²) in [7, 11) is 7.12. The summed E-state index contributed by atoms with van der Waals surface area (Å²) >= 11 is 0. The summed E-state index contributed by atoms with van der Waals surface area (Å²) in [6.07, 6.45) is 9.19. The van der Waals surface area contributed by atoms with Gasteiger partial charge >= 0.3 is 0 Å². The number of ketones is 2. The van der Waals surface area contributed by atoms with Gasteiger partial charge in [-0.05, 0) is 75.0 Å². The zero-order valence-corrected chi connectivity index (χ0v) is 36.0. The van der Waals surface area contributed by atoms with Gasteiger partial charge in [0.05, 0.1) is 36.8 Å². The minimum Gasteiger partial charge on any atom is -0.379 e. The molecule has 1 aromatic carbocycles. The number of aromatic nitrogens is 2. The van der Waals surface area contributed by atoms with E-state index in [0.717, 1.165) is 44.1 Å². The molecule has 2 bridgehead atoms. The number of likely N-dealkylation sites (tertiary alicyclic amines) is 2. The molecule has 0 unspecified atom stereocenters. The number of benzene rings is 1. The van der Waals surface area contributed by atoms with Gasteiger partial charge in [0.15, 0.2) is 5.78 Å². The Morgan fingerprint density at radius 1 is 0.912 bits per heavy atom. The van der Waals surface area contributed by atoms with Crippen molar-refractivity contribution >= 4 is 23.4 Å². The van der Waals surface area contributed by atoms with Gasteiger partial charge in [-0.1, -0.05) is 71.4 Å². The molecule has 2 aliphatic heterocycles. The van der Waals surface area contributed by atoms with Crippen molar-refractivity contribution in [3.05, 3.63) is 60.2 Å². The summed E-state index contributed by atoms with van der Waals surface area (Å²) in [6, 6.07) is 11.6. The quantitative estimate of drug-likeness (QED) is 0.142. The zero-order chi connectivity index (χ0) is 41.4. The fraction of sp³-hybridized carbons (Fsp3) is 0.696. The molecule has 1 saturated carbocycles. The topological polar surface area (TPSA) is 122 Å². The van der Waals surface area contributed by atoms with Crippen LogP contribution >= 0.6 is 0 Å². The van der Waals surface area contributed by atoms with E-state index in [9.17, 15) is 19.2 Å². The number of piperidine rings is 1. The van der Waals surface area contributed by atoms with Crippen molar-refractivity contribution in [1.29, 1.82) is 0 Å². The van der Waals surface area contributed by atoms with E-state index in [0.29, 0.717) is 30.7 Å². The average molecular weight is 788 g/mol. The second-order valence-electron chi connectivity index (χ2n) is 17.6. The van der Waals surface area contributed by atoms with Crippen LogP contribution in [0.2, 0.25) is 0 Å². The monoisotopic (exact) mass is 788 g/mol. The van der Waals surface area contributed by atoms with Gasteiger partial charge in [-0.2, -0.15) is 0 Å². The SMILES string of the molecule is CC[C@H](C)[C@@H]([C@@H](CC(=O)N1CCC[C@H]1[C@H](OC)[C@@H](C)C(=O)C[C@H](Cc1ccccc1)c1ncccn1)OC)N(C)C(=O)[C@@H](CC(=O)[C@@H]1[C@H]2CC[C@H](C2)N1C)C(C)C. The van der Waals surface area contributed by atoms with Crippen LogP contribution in [0.25, 0.3) is 0 Å². The van der Waals surface area contributed by atoms with Gasteiger partial charge in [0.2, 0.25) is 11.8 Å². The van der Waals surface area contributed by atoms with Gasteiger partial charge in [0.1, 0.15) is 11.6 Å². The molecular formula is C46H69N5O6. The van der Waals surface area contributed by atoms with Crippen LogP contribution in [0.4, 0.5) is 0 Å². The first-order valence-corrected chi connectivity index (χ1v) is 21.5. The number of carbonyl (C=O) groups is 4. The third kappa shape index (κ3) is 10.4. The van der Waals surface area contributed by atoms with Gasteiger partial charge in [0.25, 0.3) is 0 Å². The van der Waals surface area contributed by atoms with Gasteiger partial charge in [0, 0.05) is 76.8 Å². The first-order valence-electron chi connectivity index (χ1n) is 21.5. The third-order valence-electron chi connectivity index (χ3n) is 13.9. The third-order valence-corrected chi connectivity index (χ3v) is 13.9. The van der Waals surface area contributed by atoms with E-state index in [1.165, 1.54) is 0 Å². The second-order valence-corrected chi connectivity index (χ2v) is 17.6.